The van der Waals surface area contributed by atoms with Crippen LogP contribution in [0, 0.1) is 0 Å². The zero-order valence-corrected chi connectivity index (χ0v) is 12.0. The maximum atomic E-state index is 11.2. The first-order valence-electron chi connectivity index (χ1n) is 6.83. The number of aromatic nitrogens is 3. The van der Waals surface area contributed by atoms with E-state index in [1.54, 1.807) is 24.3 Å². The van der Waals surface area contributed by atoms with E-state index in [-0.39, 0.29) is 11.5 Å². The van der Waals surface area contributed by atoms with Gasteiger partial charge < -0.3 is 15.2 Å². The van der Waals surface area contributed by atoms with Gasteiger partial charge in [0.1, 0.15) is 5.75 Å². The molecular weight excluding hydrogens is 272 g/mol. The van der Waals surface area contributed by atoms with Gasteiger partial charge >= 0.3 is 5.97 Å². The third kappa shape index (κ3) is 3.50. The number of nitrogens with one attached hydrogen (secondary N) is 1. The van der Waals surface area contributed by atoms with Gasteiger partial charge in [-0.25, -0.2) is 4.79 Å². The number of carboxylic acid groups (broad SMARTS) is 1. The summed E-state index contributed by atoms with van der Waals surface area (Å²) in [4.78, 5) is 12.5. The predicted octanol–water partition coefficient (Wildman–Crippen LogP) is 2.19. The Kier molecular flexibility index (Phi) is 4.76. The van der Waals surface area contributed by atoms with Crippen molar-refractivity contribution in [3.63, 3.8) is 0 Å². The number of rotatable bonds is 7. The van der Waals surface area contributed by atoms with Crippen LogP contribution in [-0.2, 0) is 0 Å². The Bertz CT molecular complexity index is 607. The SMILES string of the molecule is CCCNc1nn(-c2ccc(OCC)cc2)nc1C(=O)O. The summed E-state index contributed by atoms with van der Waals surface area (Å²) in [6.45, 7) is 5.13. The van der Waals surface area contributed by atoms with Crippen LogP contribution in [0.2, 0.25) is 0 Å². The zero-order valence-electron chi connectivity index (χ0n) is 12.0. The third-order valence-electron chi connectivity index (χ3n) is 2.74. The van der Waals surface area contributed by atoms with E-state index in [0.717, 1.165) is 12.2 Å². The Morgan fingerprint density at radius 1 is 1.29 bits per heavy atom. The van der Waals surface area contributed by atoms with Crippen LogP contribution in [0.25, 0.3) is 5.69 Å². The van der Waals surface area contributed by atoms with E-state index in [1.165, 1.54) is 4.80 Å². The van der Waals surface area contributed by atoms with Crippen LogP contribution < -0.4 is 10.1 Å². The summed E-state index contributed by atoms with van der Waals surface area (Å²) in [6.07, 6.45) is 0.870. The van der Waals surface area contributed by atoms with Gasteiger partial charge in [0.15, 0.2) is 5.82 Å². The summed E-state index contributed by atoms with van der Waals surface area (Å²) in [5.41, 5.74) is 0.586. The number of hydrogen-bond acceptors (Lipinski definition) is 5. The van der Waals surface area contributed by atoms with Crippen molar-refractivity contribution in [3.05, 3.63) is 30.0 Å². The Morgan fingerprint density at radius 2 is 2.00 bits per heavy atom. The minimum Gasteiger partial charge on any atom is -0.494 e. The lowest BCUT2D eigenvalue weighted by Crippen LogP contribution is -2.06. The summed E-state index contributed by atoms with van der Waals surface area (Å²) in [5.74, 6) is -0.0831. The summed E-state index contributed by atoms with van der Waals surface area (Å²) in [5, 5.41) is 20.3. The van der Waals surface area contributed by atoms with Gasteiger partial charge in [0.2, 0.25) is 5.69 Å². The van der Waals surface area contributed by atoms with Crippen LogP contribution in [0.4, 0.5) is 5.82 Å². The summed E-state index contributed by atoms with van der Waals surface area (Å²) in [6, 6.07) is 7.14. The van der Waals surface area contributed by atoms with E-state index in [2.05, 4.69) is 15.5 Å². The summed E-state index contributed by atoms with van der Waals surface area (Å²) >= 11 is 0. The maximum Gasteiger partial charge on any atom is 0.360 e. The van der Waals surface area contributed by atoms with Gasteiger partial charge in [-0.05, 0) is 37.6 Å². The van der Waals surface area contributed by atoms with Gasteiger partial charge in [0.25, 0.3) is 0 Å². The number of anilines is 1. The van der Waals surface area contributed by atoms with E-state index < -0.39 is 5.97 Å². The standard InChI is InChI=1S/C14H18N4O3/c1-3-9-15-13-12(14(19)20)16-18(17-13)10-5-7-11(8-6-10)21-4-2/h5-8H,3-4,9H2,1-2H3,(H,15,17)(H,19,20). The van der Waals surface area contributed by atoms with Gasteiger partial charge in [-0.3, -0.25) is 0 Å². The number of benzene rings is 1. The molecule has 7 nitrogen and oxygen atoms in total. The van der Waals surface area contributed by atoms with E-state index in [1.807, 2.05) is 13.8 Å². The number of ether oxygens (including phenoxy) is 1. The van der Waals surface area contributed by atoms with E-state index in [0.29, 0.717) is 18.8 Å². The van der Waals surface area contributed by atoms with Crippen molar-refractivity contribution in [3.8, 4) is 11.4 Å². The minimum absolute atomic E-state index is 0.0858. The molecule has 0 unspecified atom stereocenters. The molecule has 0 aliphatic carbocycles. The highest BCUT2D eigenvalue weighted by Crippen LogP contribution is 2.17. The molecule has 0 radical (unpaired) electrons. The predicted molar refractivity (Wildman–Crippen MR) is 78.3 cm³/mol. The van der Waals surface area contributed by atoms with E-state index in [9.17, 15) is 4.79 Å². The first-order valence-corrected chi connectivity index (χ1v) is 6.83. The molecule has 2 N–H and O–H groups in total. The fourth-order valence-electron chi connectivity index (χ4n) is 1.77. The molecule has 0 atom stereocenters. The molecule has 2 rings (SSSR count). The van der Waals surface area contributed by atoms with Gasteiger partial charge in [-0.15, -0.1) is 15.0 Å². The van der Waals surface area contributed by atoms with Crippen molar-refractivity contribution < 1.29 is 14.6 Å². The minimum atomic E-state index is -1.11. The molecule has 0 aliphatic heterocycles. The van der Waals surface area contributed by atoms with E-state index in [4.69, 9.17) is 9.84 Å². The van der Waals surface area contributed by atoms with Gasteiger partial charge in [0, 0.05) is 6.54 Å². The second-order valence-electron chi connectivity index (χ2n) is 4.35. The van der Waals surface area contributed by atoms with Crippen molar-refractivity contribution in [1.82, 2.24) is 15.0 Å². The lowest BCUT2D eigenvalue weighted by Gasteiger charge is -2.04. The number of carboxylic acids is 1. The molecule has 7 heteroatoms. The highest BCUT2D eigenvalue weighted by molar-refractivity contribution is 5.90. The second kappa shape index (κ2) is 6.74. The quantitative estimate of drug-likeness (QED) is 0.812. The molecule has 1 aromatic carbocycles. The fourth-order valence-corrected chi connectivity index (χ4v) is 1.77. The zero-order chi connectivity index (χ0) is 15.2. The lowest BCUT2D eigenvalue weighted by molar-refractivity contribution is 0.0691. The molecule has 0 saturated carbocycles. The highest BCUT2D eigenvalue weighted by atomic mass is 16.5. The average molecular weight is 290 g/mol. The van der Waals surface area contributed by atoms with Crippen molar-refractivity contribution in [2.24, 2.45) is 0 Å². The Labute approximate surface area is 122 Å². The average Bonchev–Trinajstić information content (AvgIpc) is 2.90. The Hall–Kier alpha value is -2.57. The lowest BCUT2D eigenvalue weighted by atomic mass is 10.3. The molecular formula is C14H18N4O3. The molecule has 0 spiro atoms. The normalized spacial score (nSPS) is 10.4. The second-order valence-corrected chi connectivity index (χ2v) is 4.35. The first kappa shape index (κ1) is 14.8. The highest BCUT2D eigenvalue weighted by Gasteiger charge is 2.18. The van der Waals surface area contributed by atoms with E-state index >= 15 is 0 Å². The molecule has 0 saturated heterocycles. The van der Waals surface area contributed by atoms with Gasteiger partial charge in [0.05, 0.1) is 12.3 Å². The van der Waals surface area contributed by atoms with Crippen molar-refractivity contribution in [1.29, 1.82) is 0 Å². The fraction of sp³-hybridized carbons (Fsp3) is 0.357. The molecule has 1 heterocycles. The summed E-state index contributed by atoms with van der Waals surface area (Å²) < 4.78 is 5.36. The number of hydrogen-bond donors (Lipinski definition) is 2. The third-order valence-corrected chi connectivity index (χ3v) is 2.74. The van der Waals surface area contributed by atoms with Crippen molar-refractivity contribution >= 4 is 11.8 Å². The molecule has 112 valence electrons. The molecule has 1 aromatic heterocycles. The van der Waals surface area contributed by atoms with Crippen LogP contribution in [0.15, 0.2) is 24.3 Å². The largest absolute Gasteiger partial charge is 0.494 e. The smallest absolute Gasteiger partial charge is 0.360 e. The molecule has 0 amide bonds. The summed E-state index contributed by atoms with van der Waals surface area (Å²) in [7, 11) is 0. The maximum absolute atomic E-state index is 11.2. The molecule has 0 fully saturated rings. The first-order chi connectivity index (χ1) is 10.2. The van der Waals surface area contributed by atoms with Crippen molar-refractivity contribution in [2.45, 2.75) is 20.3 Å². The number of nitrogens with zero attached hydrogens (tertiary/aromatic N) is 3. The van der Waals surface area contributed by atoms with Crippen LogP contribution in [0.1, 0.15) is 30.8 Å². The molecule has 0 aliphatic rings. The monoisotopic (exact) mass is 290 g/mol. The number of carbonyl (C=O) groups is 1. The van der Waals surface area contributed by atoms with Crippen LogP contribution in [0.3, 0.4) is 0 Å². The van der Waals surface area contributed by atoms with Crippen LogP contribution >= 0.6 is 0 Å². The molecule has 21 heavy (non-hydrogen) atoms. The number of aromatic carboxylic acids is 1. The van der Waals surface area contributed by atoms with Gasteiger partial charge in [-0.1, -0.05) is 6.92 Å². The topological polar surface area (TPSA) is 89.3 Å². The van der Waals surface area contributed by atoms with Crippen LogP contribution in [0.5, 0.6) is 5.75 Å². The molecule has 2 aromatic rings. The van der Waals surface area contributed by atoms with Crippen LogP contribution in [-0.4, -0.2) is 39.2 Å². The Balaban J connectivity index is 2.28. The van der Waals surface area contributed by atoms with Crippen molar-refractivity contribution in [2.75, 3.05) is 18.5 Å². The Morgan fingerprint density at radius 3 is 2.57 bits per heavy atom. The van der Waals surface area contributed by atoms with Gasteiger partial charge in [-0.2, -0.15) is 0 Å². The molecule has 0 bridgehead atoms.